The van der Waals surface area contributed by atoms with E-state index in [4.69, 9.17) is 10.7 Å². The maximum absolute atomic E-state index is 13.4. The van der Waals surface area contributed by atoms with Gasteiger partial charge < -0.3 is 5.32 Å². The van der Waals surface area contributed by atoms with E-state index in [0.717, 1.165) is 0 Å². The van der Waals surface area contributed by atoms with Crippen LogP contribution >= 0.6 is 10.7 Å². The molecule has 0 aliphatic heterocycles. The quantitative estimate of drug-likeness (QED) is 0.865. The lowest BCUT2D eigenvalue weighted by Crippen LogP contribution is -2.13. The summed E-state index contributed by atoms with van der Waals surface area (Å²) in [6.45, 7) is 1.50. The van der Waals surface area contributed by atoms with Crippen LogP contribution in [0.25, 0.3) is 0 Å². The molecule has 0 aliphatic rings. The first-order valence-electron chi connectivity index (χ1n) is 4.49. The second-order valence-electron chi connectivity index (χ2n) is 3.10. The van der Waals surface area contributed by atoms with E-state index in [1.807, 2.05) is 5.32 Å². The summed E-state index contributed by atoms with van der Waals surface area (Å²) in [6.07, 6.45) is 0.0361. The lowest BCUT2D eigenvalue weighted by atomic mass is 10.2. The number of rotatable bonds is 3. The molecule has 0 radical (unpaired) electrons. The van der Waals surface area contributed by atoms with Crippen LogP contribution < -0.4 is 5.32 Å². The van der Waals surface area contributed by atoms with Gasteiger partial charge in [0.05, 0.1) is 4.90 Å². The summed E-state index contributed by atoms with van der Waals surface area (Å²) in [6, 6.07) is 1.08. The minimum atomic E-state index is -4.22. The van der Waals surface area contributed by atoms with Gasteiger partial charge in [0.2, 0.25) is 5.91 Å². The van der Waals surface area contributed by atoms with Gasteiger partial charge >= 0.3 is 0 Å². The van der Waals surface area contributed by atoms with Gasteiger partial charge in [0.1, 0.15) is 5.69 Å². The highest BCUT2D eigenvalue weighted by atomic mass is 35.7. The Labute approximate surface area is 101 Å². The van der Waals surface area contributed by atoms with Crippen LogP contribution in [-0.4, -0.2) is 14.3 Å². The molecule has 4 nitrogen and oxygen atoms in total. The van der Waals surface area contributed by atoms with Crippen molar-refractivity contribution >= 4 is 31.3 Å². The van der Waals surface area contributed by atoms with Crippen molar-refractivity contribution in [2.75, 3.05) is 5.32 Å². The molecule has 0 fully saturated rings. The highest BCUT2D eigenvalue weighted by Crippen LogP contribution is 2.25. The zero-order valence-corrected chi connectivity index (χ0v) is 10.2. The average Bonchev–Trinajstić information content (AvgIpc) is 2.21. The van der Waals surface area contributed by atoms with Gasteiger partial charge in [-0.05, 0) is 12.1 Å². The monoisotopic (exact) mass is 283 g/mol. The van der Waals surface area contributed by atoms with E-state index in [1.165, 1.54) is 6.92 Å². The van der Waals surface area contributed by atoms with Gasteiger partial charge in [0, 0.05) is 17.1 Å². The molecular weight excluding hydrogens is 276 g/mol. The molecule has 1 rings (SSSR count). The zero-order chi connectivity index (χ0) is 13.2. The van der Waals surface area contributed by atoms with E-state index in [0.29, 0.717) is 12.1 Å². The molecule has 0 aromatic heterocycles. The van der Waals surface area contributed by atoms with Crippen molar-refractivity contribution in [2.24, 2.45) is 0 Å². The number of benzene rings is 1. The molecule has 1 aromatic carbocycles. The van der Waals surface area contributed by atoms with Crippen LogP contribution in [-0.2, 0) is 13.8 Å². The maximum atomic E-state index is 13.4. The minimum absolute atomic E-state index is 0.0361. The van der Waals surface area contributed by atoms with Crippen LogP contribution in [0.2, 0.25) is 0 Å². The first kappa shape index (κ1) is 13.9. The topological polar surface area (TPSA) is 63.2 Å². The molecule has 1 amide bonds. The number of amides is 1. The Morgan fingerprint density at radius 2 is 1.82 bits per heavy atom. The van der Waals surface area contributed by atoms with Crippen LogP contribution in [0.1, 0.15) is 13.3 Å². The molecule has 0 saturated carbocycles. The molecule has 17 heavy (non-hydrogen) atoms. The van der Waals surface area contributed by atoms with E-state index in [9.17, 15) is 22.0 Å². The van der Waals surface area contributed by atoms with Crippen LogP contribution in [0.4, 0.5) is 14.5 Å². The van der Waals surface area contributed by atoms with Crippen LogP contribution in [0.5, 0.6) is 0 Å². The minimum Gasteiger partial charge on any atom is -0.321 e. The first-order valence-corrected chi connectivity index (χ1v) is 6.80. The molecule has 0 unspecified atom stereocenters. The smallest absolute Gasteiger partial charge is 0.261 e. The van der Waals surface area contributed by atoms with Crippen molar-refractivity contribution in [1.29, 1.82) is 0 Å². The average molecular weight is 284 g/mol. The molecule has 0 heterocycles. The second kappa shape index (κ2) is 4.97. The summed E-state index contributed by atoms with van der Waals surface area (Å²) in [7, 11) is 0.720. The van der Waals surface area contributed by atoms with Gasteiger partial charge in [-0.15, -0.1) is 0 Å². The van der Waals surface area contributed by atoms with Crippen LogP contribution in [0.3, 0.4) is 0 Å². The Bertz CT molecular complexity index is 536. The fourth-order valence-corrected chi connectivity index (χ4v) is 1.79. The van der Waals surface area contributed by atoms with Crippen molar-refractivity contribution in [1.82, 2.24) is 0 Å². The zero-order valence-electron chi connectivity index (χ0n) is 8.63. The maximum Gasteiger partial charge on any atom is 0.261 e. The number of hydrogen-bond acceptors (Lipinski definition) is 3. The molecule has 0 saturated heterocycles. The highest BCUT2D eigenvalue weighted by molar-refractivity contribution is 8.13. The van der Waals surface area contributed by atoms with Crippen molar-refractivity contribution in [2.45, 2.75) is 18.2 Å². The van der Waals surface area contributed by atoms with Crippen molar-refractivity contribution < 1.29 is 22.0 Å². The SMILES string of the molecule is CCC(=O)Nc1c(F)cc(S(=O)(=O)Cl)cc1F. The Kier molecular flexibility index (Phi) is 4.05. The summed E-state index contributed by atoms with van der Waals surface area (Å²) in [5.41, 5.74) is -0.694. The molecular formula is C9H8ClF2NO3S. The second-order valence-corrected chi connectivity index (χ2v) is 5.67. The highest BCUT2D eigenvalue weighted by Gasteiger charge is 2.18. The Morgan fingerprint density at radius 1 is 1.35 bits per heavy atom. The number of anilines is 1. The summed E-state index contributed by atoms with van der Waals surface area (Å²) in [4.78, 5) is 10.3. The van der Waals surface area contributed by atoms with Crippen molar-refractivity contribution in [3.8, 4) is 0 Å². The van der Waals surface area contributed by atoms with E-state index in [2.05, 4.69) is 0 Å². The Morgan fingerprint density at radius 3 is 2.18 bits per heavy atom. The fraction of sp³-hybridized carbons (Fsp3) is 0.222. The molecule has 0 bridgehead atoms. The number of hydrogen-bond donors (Lipinski definition) is 1. The Balaban J connectivity index is 3.25. The van der Waals surface area contributed by atoms with Gasteiger partial charge in [-0.25, -0.2) is 17.2 Å². The Hall–Kier alpha value is -1.21. The number of halogens is 3. The third kappa shape index (κ3) is 3.37. The van der Waals surface area contributed by atoms with Crippen LogP contribution in [0, 0.1) is 11.6 Å². The predicted molar refractivity (Wildman–Crippen MR) is 58.3 cm³/mol. The normalized spacial score (nSPS) is 11.3. The molecule has 8 heteroatoms. The van der Waals surface area contributed by atoms with Crippen LogP contribution in [0.15, 0.2) is 17.0 Å². The number of carbonyl (C=O) groups excluding carboxylic acids is 1. The van der Waals surface area contributed by atoms with Gasteiger partial charge in [-0.3, -0.25) is 4.79 Å². The van der Waals surface area contributed by atoms with Gasteiger partial charge in [0.25, 0.3) is 9.05 Å². The first-order chi connectivity index (χ1) is 7.75. The molecule has 1 N–H and O–H groups in total. The lowest BCUT2D eigenvalue weighted by molar-refractivity contribution is -0.115. The molecule has 0 aliphatic carbocycles. The molecule has 0 atom stereocenters. The van der Waals surface area contributed by atoms with Gasteiger partial charge in [-0.2, -0.15) is 0 Å². The third-order valence-electron chi connectivity index (χ3n) is 1.88. The predicted octanol–water partition coefficient (Wildman–Crippen LogP) is 2.24. The third-order valence-corrected chi connectivity index (χ3v) is 3.22. The molecule has 1 aromatic rings. The fourth-order valence-electron chi connectivity index (χ4n) is 1.04. The lowest BCUT2D eigenvalue weighted by Gasteiger charge is -2.07. The van der Waals surface area contributed by atoms with E-state index in [-0.39, 0.29) is 6.42 Å². The largest absolute Gasteiger partial charge is 0.321 e. The summed E-state index contributed by atoms with van der Waals surface area (Å²) >= 11 is 0. The number of carbonyl (C=O) groups is 1. The summed E-state index contributed by atoms with van der Waals surface area (Å²) < 4.78 is 48.5. The number of nitrogens with one attached hydrogen (secondary N) is 1. The van der Waals surface area contributed by atoms with E-state index in [1.54, 1.807) is 0 Å². The molecule has 0 spiro atoms. The van der Waals surface area contributed by atoms with E-state index >= 15 is 0 Å². The van der Waals surface area contributed by atoms with Gasteiger partial charge in [-0.1, -0.05) is 6.92 Å². The van der Waals surface area contributed by atoms with E-state index < -0.39 is 37.2 Å². The standard InChI is InChI=1S/C9H8ClF2NO3S/c1-2-8(14)13-9-6(11)3-5(4-7(9)12)17(10,15)16/h3-4H,2H2,1H3,(H,13,14). The van der Waals surface area contributed by atoms with Crippen molar-refractivity contribution in [3.05, 3.63) is 23.8 Å². The summed E-state index contributed by atoms with van der Waals surface area (Å²) in [5.74, 6) is -3.00. The van der Waals surface area contributed by atoms with Gasteiger partial charge in [0.15, 0.2) is 11.6 Å². The summed E-state index contributed by atoms with van der Waals surface area (Å²) in [5, 5.41) is 1.98. The van der Waals surface area contributed by atoms with Crippen molar-refractivity contribution in [3.63, 3.8) is 0 Å². The molecule has 94 valence electrons.